The Kier molecular flexibility index (Phi) is 15.6. The van der Waals surface area contributed by atoms with Gasteiger partial charge in [-0.1, -0.05) is 61.9 Å². The number of thioether (sulfide) groups is 1. The van der Waals surface area contributed by atoms with Crippen molar-refractivity contribution in [1.29, 1.82) is 0 Å². The molecule has 4 heterocycles. The molecule has 12 nitrogen and oxygen atoms in total. The number of nitrogens with one attached hydrogen (secondary N) is 1. The highest BCUT2D eigenvalue weighted by molar-refractivity contribution is 8.03. The van der Waals surface area contributed by atoms with E-state index < -0.39 is 15.9 Å². The second-order valence-corrected chi connectivity index (χ2v) is 20.0. The Morgan fingerprint density at radius 3 is 2.34 bits per heavy atom. The fraction of sp³-hybridized carbons (Fsp3) is 0.431. The molecule has 0 unspecified atom stereocenters. The summed E-state index contributed by atoms with van der Waals surface area (Å²) < 4.78 is 52.1. The Balaban J connectivity index is 0.866. The van der Waals surface area contributed by atoms with Gasteiger partial charge in [0.15, 0.2) is 31.6 Å². The number of fused-ring (bicyclic) bond motifs is 4. The molecule has 5 aromatic rings. The van der Waals surface area contributed by atoms with Crippen LogP contribution >= 0.6 is 11.8 Å². The van der Waals surface area contributed by atoms with Crippen LogP contribution in [0.5, 0.6) is 5.75 Å². The predicted molar refractivity (Wildman–Crippen MR) is 262 cm³/mol. The number of piperazine rings is 1. The summed E-state index contributed by atoms with van der Waals surface area (Å²) in [7, 11) is -2.18. The number of allylic oxidation sites excluding steroid dienone is 3. The summed E-state index contributed by atoms with van der Waals surface area (Å²) in [6.45, 7) is 10.4. The van der Waals surface area contributed by atoms with Crippen LogP contribution in [0.1, 0.15) is 70.6 Å². The summed E-state index contributed by atoms with van der Waals surface area (Å²) in [5, 5.41) is 8.85. The first-order valence-corrected chi connectivity index (χ1v) is 26.0. The van der Waals surface area contributed by atoms with Gasteiger partial charge in [-0.2, -0.15) is 4.57 Å². The molecule has 1 aromatic heterocycles. The summed E-state index contributed by atoms with van der Waals surface area (Å²) in [4.78, 5) is 19.9. The van der Waals surface area contributed by atoms with Crippen LogP contribution in [0.25, 0.3) is 38.7 Å². The second-order valence-electron chi connectivity index (χ2n) is 17.4. The van der Waals surface area contributed by atoms with E-state index in [1.54, 1.807) is 0 Å². The number of nitrogens with zero attached hydrogens (tertiary/aromatic N) is 5. The minimum absolute atomic E-state index is 0.121. The molecular formula is C51H63N6O6S2+. The van der Waals surface area contributed by atoms with Gasteiger partial charge < -0.3 is 28.8 Å². The van der Waals surface area contributed by atoms with Gasteiger partial charge in [-0.3, -0.25) is 9.69 Å². The Labute approximate surface area is 388 Å². The van der Waals surface area contributed by atoms with E-state index in [1.165, 1.54) is 5.03 Å². The molecule has 65 heavy (non-hydrogen) atoms. The van der Waals surface area contributed by atoms with Gasteiger partial charge in [-0.05, 0) is 90.9 Å². The van der Waals surface area contributed by atoms with Crippen molar-refractivity contribution in [3.05, 3.63) is 107 Å². The third-order valence-electron chi connectivity index (χ3n) is 12.6. The zero-order valence-corrected chi connectivity index (χ0v) is 39.5. The van der Waals surface area contributed by atoms with Crippen molar-refractivity contribution >= 4 is 78.4 Å². The van der Waals surface area contributed by atoms with Gasteiger partial charge >= 0.3 is 5.89 Å². The predicted octanol–water partition coefficient (Wildman–Crippen LogP) is 8.26. The number of oxazole rings is 1. The average Bonchev–Trinajstić information content (AvgIpc) is 3.99. The molecule has 0 bridgehead atoms. The van der Waals surface area contributed by atoms with E-state index in [2.05, 4.69) is 81.2 Å². The van der Waals surface area contributed by atoms with Gasteiger partial charge in [-0.15, -0.1) is 11.8 Å². The monoisotopic (exact) mass is 919 g/mol. The lowest BCUT2D eigenvalue weighted by Gasteiger charge is -2.20. The smallest absolute Gasteiger partial charge is 0.374 e. The molecule has 2 saturated heterocycles. The van der Waals surface area contributed by atoms with E-state index in [-0.39, 0.29) is 12.3 Å². The molecule has 0 radical (unpaired) electrons. The standard InChI is InChI=1S/C51H62N6O6S2/c1-3-39(34-50-57(24-14-32-65(59,60)61)45-36-41-16-8-10-18-43(41)38-47(45)63-50)33-49-56(44-35-40-15-7-9-17-42(40)37-46(44)62-49)23-13-4-6-19-48(58)52-21-11-5-12-22-55-30-31-64-51(55)20-25-54-28-26-53(2)27-29-54/h7-10,15-18,20,25,33-38H,3-6,11-14,19,21-24,26-32H2,1-2H3/p+1. The highest BCUT2D eigenvalue weighted by atomic mass is 32.2. The van der Waals surface area contributed by atoms with Gasteiger partial charge in [0.25, 0.3) is 5.52 Å². The number of hydrogen-bond acceptors (Lipinski definition) is 10. The van der Waals surface area contributed by atoms with Crippen LogP contribution in [0.4, 0.5) is 5.69 Å². The van der Waals surface area contributed by atoms with Gasteiger partial charge in [-0.25, -0.2) is 13.0 Å². The van der Waals surface area contributed by atoms with Gasteiger partial charge in [0.2, 0.25) is 17.4 Å². The molecule has 0 saturated carbocycles. The summed E-state index contributed by atoms with van der Waals surface area (Å²) in [5.41, 5.74) is 3.48. The van der Waals surface area contributed by atoms with Crippen molar-refractivity contribution in [1.82, 2.24) is 15.1 Å². The number of anilines is 1. The summed E-state index contributed by atoms with van der Waals surface area (Å²) in [5.74, 6) is 2.89. The largest absolute Gasteiger partial charge is 0.748 e. The third-order valence-corrected chi connectivity index (χ3v) is 14.5. The van der Waals surface area contributed by atoms with Crippen molar-refractivity contribution in [2.24, 2.45) is 0 Å². The number of carbonyl (C=O) groups excluding carboxylic acids is 1. The maximum absolute atomic E-state index is 12.8. The zero-order valence-electron chi connectivity index (χ0n) is 37.9. The molecule has 1 N–H and O–H groups in total. The fourth-order valence-electron chi connectivity index (χ4n) is 8.84. The number of aryl methyl sites for hydroxylation is 1. The number of benzene rings is 4. The van der Waals surface area contributed by atoms with Gasteiger partial charge in [0.05, 0.1) is 40.0 Å². The van der Waals surface area contributed by atoms with Crippen molar-refractivity contribution in [2.75, 3.05) is 75.8 Å². The average molecular weight is 920 g/mol. The molecule has 2 fully saturated rings. The van der Waals surface area contributed by atoms with Crippen LogP contribution in [0, 0.1) is 0 Å². The quantitative estimate of drug-likeness (QED) is 0.0464. The van der Waals surface area contributed by atoms with E-state index in [1.807, 2.05) is 70.9 Å². The van der Waals surface area contributed by atoms with Crippen LogP contribution in [0.15, 0.2) is 106 Å². The van der Waals surface area contributed by atoms with Gasteiger partial charge in [0, 0.05) is 68.7 Å². The van der Waals surface area contributed by atoms with Gasteiger partial charge in [0.1, 0.15) is 0 Å². The number of likely N-dealkylation sites (N-methyl/N-ethyl adjacent to an activating group) is 1. The maximum atomic E-state index is 12.8. The molecule has 0 spiro atoms. The molecule has 1 amide bonds. The van der Waals surface area contributed by atoms with Crippen molar-refractivity contribution in [3.8, 4) is 5.75 Å². The van der Waals surface area contributed by atoms with Crippen molar-refractivity contribution in [2.45, 2.75) is 71.3 Å². The molecular weight excluding hydrogens is 857 g/mol. The Morgan fingerprint density at radius 1 is 0.877 bits per heavy atom. The van der Waals surface area contributed by atoms with E-state index in [0.717, 1.165) is 141 Å². The summed E-state index contributed by atoms with van der Waals surface area (Å²) in [6, 6.07) is 24.6. The highest BCUT2D eigenvalue weighted by Crippen LogP contribution is 2.42. The second kappa shape index (κ2) is 21.9. The number of aromatic nitrogens is 1. The number of ether oxygens (including phenoxy) is 1. The van der Waals surface area contributed by atoms with Crippen LogP contribution in [0.3, 0.4) is 0 Å². The van der Waals surface area contributed by atoms with Crippen LogP contribution in [-0.4, -0.2) is 110 Å². The maximum Gasteiger partial charge on any atom is 0.374 e. The molecule has 0 atom stereocenters. The minimum atomic E-state index is -4.37. The molecule has 4 aromatic carbocycles. The topological polar surface area (TPSA) is 125 Å². The molecule has 344 valence electrons. The Morgan fingerprint density at radius 2 is 1.58 bits per heavy atom. The highest BCUT2D eigenvalue weighted by Gasteiger charge is 2.28. The SMILES string of the molecule is CCC(=Cc1oc2cc3ccccc3cc2[n+]1CCCS(=O)(=O)[O-])C=C1Oc2cc3ccccc3cc2N1CCCCCC(=O)NCCCCCN1CCSC1=CC=[N+]1CCN(C)CC1. The first-order chi connectivity index (χ1) is 31.6. The lowest BCUT2D eigenvalue weighted by molar-refractivity contribution is -0.677. The van der Waals surface area contributed by atoms with Crippen molar-refractivity contribution in [3.63, 3.8) is 0 Å². The summed E-state index contributed by atoms with van der Waals surface area (Å²) >= 11 is 1.96. The Hall–Kier alpha value is -5.15. The van der Waals surface area contributed by atoms with Crippen LogP contribution in [-0.2, 0) is 21.5 Å². The minimum Gasteiger partial charge on any atom is -0.748 e. The van der Waals surface area contributed by atoms with E-state index >= 15 is 0 Å². The van der Waals surface area contributed by atoms with E-state index in [9.17, 15) is 17.8 Å². The lowest BCUT2D eigenvalue weighted by atomic mass is 10.1. The molecule has 0 aliphatic carbocycles. The molecule has 3 aliphatic rings. The molecule has 3 aliphatic heterocycles. The van der Waals surface area contributed by atoms with Crippen LogP contribution < -0.4 is 19.5 Å². The van der Waals surface area contributed by atoms with E-state index in [0.29, 0.717) is 36.7 Å². The first-order valence-electron chi connectivity index (χ1n) is 23.4. The summed E-state index contributed by atoms with van der Waals surface area (Å²) in [6.07, 6.45) is 15.8. The van der Waals surface area contributed by atoms with Crippen molar-refractivity contribution < 1.29 is 36.1 Å². The number of hydrogen-bond donors (Lipinski definition) is 1. The van der Waals surface area contributed by atoms with Crippen LogP contribution in [0.2, 0.25) is 0 Å². The zero-order chi connectivity index (χ0) is 45.2. The number of rotatable bonds is 20. The lowest BCUT2D eigenvalue weighted by Crippen LogP contribution is -2.39. The fourth-order valence-corrected chi connectivity index (χ4v) is 10.4. The number of carbonyl (C=O) groups is 1. The first kappa shape index (κ1) is 46.4. The molecule has 8 rings (SSSR count). The normalized spacial score (nSPS) is 17.3. The molecule has 14 heteroatoms. The third kappa shape index (κ3) is 12.4. The number of amides is 1. The number of unbranched alkanes of at least 4 members (excludes halogenated alkanes) is 4. The Bertz CT molecular complexity index is 2720. The van der Waals surface area contributed by atoms with E-state index in [4.69, 9.17) is 9.15 Å².